The van der Waals surface area contributed by atoms with E-state index < -0.39 is 0 Å². The summed E-state index contributed by atoms with van der Waals surface area (Å²) in [5.74, 6) is 0. The van der Waals surface area contributed by atoms with E-state index in [1.807, 2.05) is 31.2 Å². The van der Waals surface area contributed by atoms with Gasteiger partial charge in [-0.15, -0.1) is 6.58 Å². The smallest absolute Gasteiger partial charge is 0.0577 e. The summed E-state index contributed by atoms with van der Waals surface area (Å²) in [5, 5.41) is 0. The topological polar surface area (TPSA) is 38.9 Å². The van der Waals surface area contributed by atoms with Crippen LogP contribution in [0.2, 0.25) is 0 Å². The van der Waals surface area contributed by atoms with Crippen molar-refractivity contribution >= 4 is 0 Å². The highest BCUT2D eigenvalue weighted by Gasteiger charge is 2.03. The zero-order valence-corrected chi connectivity index (χ0v) is 7.33. The van der Waals surface area contributed by atoms with Crippen LogP contribution >= 0.6 is 0 Å². The van der Waals surface area contributed by atoms with E-state index in [2.05, 4.69) is 11.6 Å². The summed E-state index contributed by atoms with van der Waals surface area (Å²) in [5.41, 5.74) is 7.79. The van der Waals surface area contributed by atoms with Crippen LogP contribution in [0.1, 0.15) is 23.9 Å². The van der Waals surface area contributed by atoms with Gasteiger partial charge in [0.25, 0.3) is 0 Å². The lowest BCUT2D eigenvalue weighted by Crippen LogP contribution is -2.11. The third kappa shape index (κ3) is 2.17. The Morgan fingerprint density at radius 3 is 3.00 bits per heavy atom. The van der Waals surface area contributed by atoms with E-state index in [4.69, 9.17) is 5.73 Å². The van der Waals surface area contributed by atoms with Gasteiger partial charge in [0, 0.05) is 5.69 Å². The second kappa shape index (κ2) is 4.02. The van der Waals surface area contributed by atoms with E-state index in [9.17, 15) is 0 Å². The van der Waals surface area contributed by atoms with Gasteiger partial charge in [0.1, 0.15) is 0 Å². The maximum absolute atomic E-state index is 5.84. The fraction of sp³-hybridized carbons (Fsp3) is 0.300. The lowest BCUT2D eigenvalue weighted by molar-refractivity contribution is 0.710. The van der Waals surface area contributed by atoms with Crippen LogP contribution in [0.3, 0.4) is 0 Å². The minimum atomic E-state index is -0.0117. The normalized spacial score (nSPS) is 12.5. The highest BCUT2D eigenvalue weighted by Crippen LogP contribution is 2.11. The molecule has 0 radical (unpaired) electrons. The molecule has 0 aliphatic carbocycles. The van der Waals surface area contributed by atoms with Gasteiger partial charge in [0.2, 0.25) is 0 Å². The molecule has 1 aromatic heterocycles. The molecule has 1 atom stereocenters. The molecule has 0 spiro atoms. The van der Waals surface area contributed by atoms with Crippen LogP contribution in [-0.4, -0.2) is 4.98 Å². The highest BCUT2D eigenvalue weighted by atomic mass is 14.8. The van der Waals surface area contributed by atoms with E-state index >= 15 is 0 Å². The second-order valence-electron chi connectivity index (χ2n) is 2.83. The lowest BCUT2D eigenvalue weighted by atomic mass is 10.1. The summed E-state index contributed by atoms with van der Waals surface area (Å²) in [6.45, 7) is 5.60. The average Bonchev–Trinajstić information content (AvgIpc) is 2.05. The number of hydrogen-bond acceptors (Lipinski definition) is 2. The molecular weight excluding hydrogens is 148 g/mol. The fourth-order valence-corrected chi connectivity index (χ4v) is 1.07. The number of hydrogen-bond donors (Lipinski definition) is 1. The Balaban J connectivity index is 2.80. The van der Waals surface area contributed by atoms with Crippen molar-refractivity contribution in [2.45, 2.75) is 19.4 Å². The minimum Gasteiger partial charge on any atom is -0.322 e. The molecule has 0 aromatic carbocycles. The maximum Gasteiger partial charge on any atom is 0.0577 e. The van der Waals surface area contributed by atoms with Gasteiger partial charge in [-0.25, -0.2) is 0 Å². The Morgan fingerprint density at radius 1 is 1.67 bits per heavy atom. The molecule has 0 aliphatic rings. The van der Waals surface area contributed by atoms with Gasteiger partial charge < -0.3 is 5.73 Å². The third-order valence-corrected chi connectivity index (χ3v) is 1.71. The number of nitrogens with two attached hydrogens (primary N) is 1. The molecule has 0 fully saturated rings. The Kier molecular flexibility index (Phi) is 3.00. The quantitative estimate of drug-likeness (QED) is 0.690. The van der Waals surface area contributed by atoms with Gasteiger partial charge >= 0.3 is 0 Å². The van der Waals surface area contributed by atoms with E-state index in [0.717, 1.165) is 17.8 Å². The van der Waals surface area contributed by atoms with Crippen LogP contribution in [0.4, 0.5) is 0 Å². The van der Waals surface area contributed by atoms with E-state index in [-0.39, 0.29) is 6.04 Å². The van der Waals surface area contributed by atoms with E-state index in [1.54, 1.807) is 0 Å². The highest BCUT2D eigenvalue weighted by molar-refractivity contribution is 5.13. The molecule has 64 valence electrons. The van der Waals surface area contributed by atoms with Gasteiger partial charge in [-0.05, 0) is 25.5 Å². The van der Waals surface area contributed by atoms with Gasteiger partial charge in [0.05, 0.1) is 11.7 Å². The zero-order valence-electron chi connectivity index (χ0n) is 7.33. The molecular formula is C10H14N2. The number of rotatable bonds is 3. The van der Waals surface area contributed by atoms with Crippen molar-refractivity contribution in [3.8, 4) is 0 Å². The van der Waals surface area contributed by atoms with Gasteiger partial charge in [0.15, 0.2) is 0 Å². The van der Waals surface area contributed by atoms with Crippen molar-refractivity contribution in [2.75, 3.05) is 0 Å². The summed E-state index contributed by atoms with van der Waals surface area (Å²) in [4.78, 5) is 4.32. The molecule has 1 unspecified atom stereocenters. The number of nitrogens with zero attached hydrogens (tertiary/aromatic N) is 1. The molecule has 1 rings (SSSR count). The molecule has 0 amide bonds. The summed E-state index contributed by atoms with van der Waals surface area (Å²) in [6, 6.07) is 5.87. The molecule has 2 nitrogen and oxygen atoms in total. The van der Waals surface area contributed by atoms with Crippen LogP contribution < -0.4 is 5.73 Å². The van der Waals surface area contributed by atoms with Crippen molar-refractivity contribution in [1.82, 2.24) is 4.98 Å². The first-order chi connectivity index (χ1) is 5.74. The van der Waals surface area contributed by atoms with Gasteiger partial charge in [-0.3, -0.25) is 4.98 Å². The Hall–Kier alpha value is -1.15. The first kappa shape index (κ1) is 8.94. The number of aromatic nitrogens is 1. The van der Waals surface area contributed by atoms with Crippen molar-refractivity contribution in [1.29, 1.82) is 0 Å². The fourth-order valence-electron chi connectivity index (χ4n) is 1.07. The molecule has 2 heteroatoms. The maximum atomic E-state index is 5.84. The van der Waals surface area contributed by atoms with Crippen LogP contribution in [0, 0.1) is 6.92 Å². The largest absolute Gasteiger partial charge is 0.322 e. The molecule has 0 saturated carbocycles. The van der Waals surface area contributed by atoms with Crippen LogP contribution in [0.25, 0.3) is 0 Å². The SMILES string of the molecule is C=CCC(N)c1cccc(C)n1. The summed E-state index contributed by atoms with van der Waals surface area (Å²) in [6.07, 6.45) is 2.59. The van der Waals surface area contributed by atoms with Gasteiger partial charge in [-0.1, -0.05) is 12.1 Å². The lowest BCUT2D eigenvalue weighted by Gasteiger charge is -2.08. The predicted molar refractivity (Wildman–Crippen MR) is 50.7 cm³/mol. The van der Waals surface area contributed by atoms with Crippen LogP contribution in [-0.2, 0) is 0 Å². The molecule has 12 heavy (non-hydrogen) atoms. The minimum absolute atomic E-state index is 0.0117. The molecule has 0 bridgehead atoms. The van der Waals surface area contributed by atoms with Crippen LogP contribution in [0.15, 0.2) is 30.9 Å². The molecule has 0 saturated heterocycles. The predicted octanol–water partition coefficient (Wildman–Crippen LogP) is 1.97. The van der Waals surface area contributed by atoms with E-state index in [1.165, 1.54) is 0 Å². The first-order valence-corrected chi connectivity index (χ1v) is 4.04. The van der Waals surface area contributed by atoms with Crippen molar-refractivity contribution in [3.05, 3.63) is 42.2 Å². The zero-order chi connectivity index (χ0) is 8.97. The molecule has 2 N–H and O–H groups in total. The van der Waals surface area contributed by atoms with Crippen molar-refractivity contribution in [3.63, 3.8) is 0 Å². The monoisotopic (exact) mass is 162 g/mol. The Bertz CT molecular complexity index is 268. The molecule has 1 heterocycles. The Morgan fingerprint density at radius 2 is 2.42 bits per heavy atom. The molecule has 0 aliphatic heterocycles. The van der Waals surface area contributed by atoms with Crippen molar-refractivity contribution in [2.24, 2.45) is 5.73 Å². The third-order valence-electron chi connectivity index (χ3n) is 1.71. The first-order valence-electron chi connectivity index (χ1n) is 4.04. The summed E-state index contributed by atoms with van der Waals surface area (Å²) < 4.78 is 0. The standard InChI is InChI=1S/C10H14N2/c1-3-5-9(11)10-7-4-6-8(2)12-10/h3-4,6-7,9H,1,5,11H2,2H3. The summed E-state index contributed by atoms with van der Waals surface area (Å²) in [7, 11) is 0. The number of pyridine rings is 1. The second-order valence-corrected chi connectivity index (χ2v) is 2.83. The van der Waals surface area contributed by atoms with Crippen molar-refractivity contribution < 1.29 is 0 Å². The molecule has 1 aromatic rings. The van der Waals surface area contributed by atoms with Crippen LogP contribution in [0.5, 0.6) is 0 Å². The van der Waals surface area contributed by atoms with Gasteiger partial charge in [-0.2, -0.15) is 0 Å². The average molecular weight is 162 g/mol. The van der Waals surface area contributed by atoms with E-state index in [0.29, 0.717) is 0 Å². The summed E-state index contributed by atoms with van der Waals surface area (Å²) >= 11 is 0. The number of aryl methyl sites for hydroxylation is 1. The Labute approximate surface area is 73.1 Å².